The molecule has 1 amide bonds. The third-order valence-electron chi connectivity index (χ3n) is 3.00. The largest absolute Gasteiger partial charge is 0.353 e. The van der Waals surface area contributed by atoms with Gasteiger partial charge in [0.2, 0.25) is 5.91 Å². The Bertz CT molecular complexity index is 503. The fraction of sp³-hybridized carbons (Fsp3) is 0.417. The van der Waals surface area contributed by atoms with E-state index in [0.717, 1.165) is 18.9 Å². The highest BCUT2D eigenvalue weighted by atomic mass is 35.5. The van der Waals surface area contributed by atoms with Crippen molar-refractivity contribution in [3.63, 3.8) is 0 Å². The Labute approximate surface area is 111 Å². The van der Waals surface area contributed by atoms with Crippen molar-refractivity contribution in [3.8, 4) is 6.07 Å². The molecule has 0 saturated carbocycles. The van der Waals surface area contributed by atoms with E-state index in [-0.39, 0.29) is 11.1 Å². The molecule has 2 rings (SSSR count). The Balaban J connectivity index is 2.08. The summed E-state index contributed by atoms with van der Waals surface area (Å²) in [6, 6.07) is 5.44. The first kappa shape index (κ1) is 12.7. The molecule has 0 spiro atoms. The quantitative estimate of drug-likeness (QED) is 0.717. The first-order valence-electron chi connectivity index (χ1n) is 5.69. The number of nitriles is 1. The summed E-state index contributed by atoms with van der Waals surface area (Å²) >= 11 is 5.90. The van der Waals surface area contributed by atoms with Gasteiger partial charge in [-0.15, -0.1) is 0 Å². The topological polar surface area (TPSA) is 60.2 Å². The summed E-state index contributed by atoms with van der Waals surface area (Å²) in [4.78, 5) is 19.3. The van der Waals surface area contributed by atoms with Gasteiger partial charge in [0.05, 0.1) is 5.56 Å². The number of halogens is 1. The van der Waals surface area contributed by atoms with Crippen LogP contribution in [0.2, 0.25) is 5.15 Å². The van der Waals surface area contributed by atoms with Gasteiger partial charge in [-0.2, -0.15) is 5.26 Å². The summed E-state index contributed by atoms with van der Waals surface area (Å²) in [5.74, 6) is 0.850. The second-order valence-electron chi connectivity index (χ2n) is 4.11. The van der Waals surface area contributed by atoms with Crippen LogP contribution in [0.15, 0.2) is 12.1 Å². The molecule has 0 radical (unpaired) electrons. The Kier molecular flexibility index (Phi) is 3.68. The number of hydrogen-bond donors (Lipinski definition) is 0. The van der Waals surface area contributed by atoms with Crippen molar-refractivity contribution in [2.75, 3.05) is 31.1 Å². The van der Waals surface area contributed by atoms with Crippen molar-refractivity contribution in [2.24, 2.45) is 0 Å². The van der Waals surface area contributed by atoms with Gasteiger partial charge in [-0.05, 0) is 12.1 Å². The molecule has 1 aromatic heterocycles. The minimum Gasteiger partial charge on any atom is -0.353 e. The van der Waals surface area contributed by atoms with E-state index >= 15 is 0 Å². The smallest absolute Gasteiger partial charge is 0.219 e. The molecule has 5 nitrogen and oxygen atoms in total. The first-order chi connectivity index (χ1) is 8.61. The molecule has 6 heteroatoms. The molecule has 0 bridgehead atoms. The van der Waals surface area contributed by atoms with Gasteiger partial charge in [0.25, 0.3) is 0 Å². The van der Waals surface area contributed by atoms with Gasteiger partial charge < -0.3 is 9.80 Å². The Morgan fingerprint density at radius 3 is 2.56 bits per heavy atom. The number of carbonyl (C=O) groups is 1. The van der Waals surface area contributed by atoms with Crippen molar-refractivity contribution in [2.45, 2.75) is 6.92 Å². The molecule has 0 aliphatic carbocycles. The van der Waals surface area contributed by atoms with E-state index < -0.39 is 0 Å². The standard InChI is InChI=1S/C12H13ClN4O/c1-9(18)16-4-6-17(7-5-16)11-3-2-10(8-14)12(13)15-11/h2-3H,4-7H2,1H3. The number of amides is 1. The zero-order chi connectivity index (χ0) is 13.1. The predicted molar refractivity (Wildman–Crippen MR) is 68.4 cm³/mol. The highest BCUT2D eigenvalue weighted by Gasteiger charge is 2.19. The van der Waals surface area contributed by atoms with Crippen LogP contribution < -0.4 is 4.90 Å². The van der Waals surface area contributed by atoms with Crippen LogP contribution in [0.25, 0.3) is 0 Å². The number of rotatable bonds is 1. The number of nitrogens with zero attached hydrogens (tertiary/aromatic N) is 4. The zero-order valence-electron chi connectivity index (χ0n) is 10.1. The monoisotopic (exact) mass is 264 g/mol. The van der Waals surface area contributed by atoms with E-state index in [4.69, 9.17) is 16.9 Å². The number of hydrogen-bond acceptors (Lipinski definition) is 4. The maximum Gasteiger partial charge on any atom is 0.219 e. The Morgan fingerprint density at radius 2 is 2.06 bits per heavy atom. The molecule has 2 heterocycles. The van der Waals surface area contributed by atoms with Crippen LogP contribution in [-0.4, -0.2) is 42.0 Å². The van der Waals surface area contributed by atoms with Gasteiger partial charge in [0.1, 0.15) is 17.0 Å². The van der Waals surface area contributed by atoms with Crippen molar-refractivity contribution in [1.82, 2.24) is 9.88 Å². The van der Waals surface area contributed by atoms with Crippen molar-refractivity contribution in [3.05, 3.63) is 22.8 Å². The average molecular weight is 265 g/mol. The molecule has 1 fully saturated rings. The van der Waals surface area contributed by atoms with E-state index in [9.17, 15) is 4.79 Å². The summed E-state index contributed by atoms with van der Waals surface area (Å²) in [6.45, 7) is 4.42. The molecule has 0 aromatic carbocycles. The predicted octanol–water partition coefficient (Wildman–Crippen LogP) is 1.28. The lowest BCUT2D eigenvalue weighted by molar-refractivity contribution is -0.129. The van der Waals surface area contributed by atoms with Gasteiger partial charge in [0.15, 0.2) is 0 Å². The molecule has 1 aromatic rings. The minimum atomic E-state index is 0.0977. The van der Waals surface area contributed by atoms with Crippen molar-refractivity contribution < 1.29 is 4.79 Å². The van der Waals surface area contributed by atoms with E-state index in [2.05, 4.69) is 9.88 Å². The average Bonchev–Trinajstić information content (AvgIpc) is 2.38. The van der Waals surface area contributed by atoms with E-state index in [1.165, 1.54) is 0 Å². The first-order valence-corrected chi connectivity index (χ1v) is 6.06. The lowest BCUT2D eigenvalue weighted by atomic mass is 10.2. The van der Waals surface area contributed by atoms with E-state index in [1.54, 1.807) is 19.1 Å². The Morgan fingerprint density at radius 1 is 1.39 bits per heavy atom. The molecule has 0 atom stereocenters. The Hall–Kier alpha value is -1.80. The molecule has 1 aliphatic heterocycles. The van der Waals surface area contributed by atoms with Crippen molar-refractivity contribution in [1.29, 1.82) is 5.26 Å². The van der Waals surface area contributed by atoms with Crippen LogP contribution in [0.3, 0.4) is 0 Å². The van der Waals surface area contributed by atoms with Crippen LogP contribution in [0.1, 0.15) is 12.5 Å². The SMILES string of the molecule is CC(=O)N1CCN(c2ccc(C#N)c(Cl)n2)CC1. The lowest BCUT2D eigenvalue weighted by Gasteiger charge is -2.34. The van der Waals surface area contributed by atoms with Crippen LogP contribution in [0, 0.1) is 11.3 Å². The highest BCUT2D eigenvalue weighted by molar-refractivity contribution is 6.30. The lowest BCUT2D eigenvalue weighted by Crippen LogP contribution is -2.48. The van der Waals surface area contributed by atoms with E-state index in [1.807, 2.05) is 11.0 Å². The molecule has 0 unspecified atom stereocenters. The van der Waals surface area contributed by atoms with Crippen LogP contribution in [0.5, 0.6) is 0 Å². The fourth-order valence-electron chi connectivity index (χ4n) is 1.93. The minimum absolute atomic E-state index is 0.0977. The van der Waals surface area contributed by atoms with Crippen LogP contribution >= 0.6 is 11.6 Å². The third-order valence-corrected chi connectivity index (χ3v) is 3.29. The van der Waals surface area contributed by atoms with Crippen molar-refractivity contribution >= 4 is 23.3 Å². The second-order valence-corrected chi connectivity index (χ2v) is 4.47. The molecular weight excluding hydrogens is 252 g/mol. The number of carbonyl (C=O) groups excluding carboxylic acids is 1. The van der Waals surface area contributed by atoms with Gasteiger partial charge in [0, 0.05) is 33.1 Å². The van der Waals surface area contributed by atoms with E-state index in [0.29, 0.717) is 18.7 Å². The van der Waals surface area contributed by atoms with Gasteiger partial charge in [-0.25, -0.2) is 4.98 Å². The summed E-state index contributed by atoms with van der Waals surface area (Å²) in [5.41, 5.74) is 0.378. The second kappa shape index (κ2) is 5.23. The summed E-state index contributed by atoms with van der Waals surface area (Å²) in [5, 5.41) is 9.01. The molecule has 1 saturated heterocycles. The molecule has 0 N–H and O–H groups in total. The molecule has 1 aliphatic rings. The number of aromatic nitrogens is 1. The van der Waals surface area contributed by atoms with Gasteiger partial charge in [-0.1, -0.05) is 11.6 Å². The summed E-state index contributed by atoms with van der Waals surface area (Å²) in [7, 11) is 0. The maximum absolute atomic E-state index is 11.2. The number of pyridine rings is 1. The zero-order valence-corrected chi connectivity index (χ0v) is 10.8. The summed E-state index contributed by atoms with van der Waals surface area (Å²) in [6.07, 6.45) is 0. The number of piperazine rings is 1. The maximum atomic E-state index is 11.2. The highest BCUT2D eigenvalue weighted by Crippen LogP contribution is 2.19. The molecule has 18 heavy (non-hydrogen) atoms. The molecular formula is C12H13ClN4O. The fourth-order valence-corrected chi connectivity index (χ4v) is 2.13. The van der Waals surface area contributed by atoms with Crippen LogP contribution in [0.4, 0.5) is 5.82 Å². The molecule has 94 valence electrons. The van der Waals surface area contributed by atoms with Gasteiger partial charge >= 0.3 is 0 Å². The van der Waals surface area contributed by atoms with Gasteiger partial charge in [-0.3, -0.25) is 4.79 Å². The third kappa shape index (κ3) is 2.54. The van der Waals surface area contributed by atoms with Crippen LogP contribution in [-0.2, 0) is 4.79 Å². The normalized spacial score (nSPS) is 15.4. The number of anilines is 1. The summed E-state index contributed by atoms with van der Waals surface area (Å²) < 4.78 is 0.